The quantitative estimate of drug-likeness (QED) is 0.927. The molecule has 0 unspecified atom stereocenters. The fourth-order valence-electron chi connectivity index (χ4n) is 1.61. The summed E-state index contributed by atoms with van der Waals surface area (Å²) in [6.07, 6.45) is 1.16. The summed E-state index contributed by atoms with van der Waals surface area (Å²) in [5, 5.41) is 9.02. The van der Waals surface area contributed by atoms with Crippen molar-refractivity contribution in [3.63, 3.8) is 0 Å². The van der Waals surface area contributed by atoms with Crippen LogP contribution in [0, 0.1) is 11.6 Å². The summed E-state index contributed by atoms with van der Waals surface area (Å²) in [6, 6.07) is 4.02. The Morgan fingerprint density at radius 1 is 1.32 bits per heavy atom. The molecule has 4 nitrogen and oxygen atoms in total. The van der Waals surface area contributed by atoms with E-state index in [-0.39, 0.29) is 22.6 Å². The maximum Gasteiger partial charge on any atom is 0.339 e. The van der Waals surface area contributed by atoms with Gasteiger partial charge in [-0.1, -0.05) is 0 Å². The number of benzene rings is 1. The molecule has 0 radical (unpaired) electrons. The zero-order valence-corrected chi connectivity index (χ0v) is 9.85. The van der Waals surface area contributed by atoms with E-state index in [1.54, 1.807) is 0 Å². The molecule has 0 atom stereocenters. The number of carbonyl (C=O) groups is 1. The molecule has 0 amide bonds. The highest BCUT2D eigenvalue weighted by molar-refractivity contribution is 5.92. The molecular formula is C13H9F2NO3. The number of aromatic carboxylic acids is 1. The van der Waals surface area contributed by atoms with Gasteiger partial charge in [0.1, 0.15) is 17.2 Å². The standard InChI is InChI=1S/C13H9F2NO3/c1-19-12-6-16-11(5-9(12)13(17)18)8-4-7(14)2-3-10(8)15/h2-6H,1H3,(H,17,18). The zero-order valence-electron chi connectivity index (χ0n) is 9.85. The first kappa shape index (κ1) is 12.9. The molecule has 1 aromatic heterocycles. The van der Waals surface area contributed by atoms with Crippen molar-refractivity contribution >= 4 is 5.97 Å². The number of carboxylic acid groups (broad SMARTS) is 1. The topological polar surface area (TPSA) is 59.4 Å². The molecule has 0 aliphatic carbocycles. The maximum atomic E-state index is 13.6. The van der Waals surface area contributed by atoms with E-state index in [9.17, 15) is 13.6 Å². The van der Waals surface area contributed by atoms with Crippen LogP contribution < -0.4 is 4.74 Å². The van der Waals surface area contributed by atoms with Crippen LogP contribution in [0.15, 0.2) is 30.5 Å². The van der Waals surface area contributed by atoms with Gasteiger partial charge in [0.05, 0.1) is 19.0 Å². The van der Waals surface area contributed by atoms with Gasteiger partial charge in [0, 0.05) is 5.56 Å². The van der Waals surface area contributed by atoms with E-state index in [1.165, 1.54) is 7.11 Å². The molecule has 1 heterocycles. The van der Waals surface area contributed by atoms with Crippen LogP contribution in [0.5, 0.6) is 5.75 Å². The van der Waals surface area contributed by atoms with Gasteiger partial charge in [-0.15, -0.1) is 0 Å². The van der Waals surface area contributed by atoms with Crippen LogP contribution in [0.1, 0.15) is 10.4 Å². The van der Waals surface area contributed by atoms with Gasteiger partial charge in [-0.3, -0.25) is 4.98 Å². The van der Waals surface area contributed by atoms with Gasteiger partial charge >= 0.3 is 5.97 Å². The van der Waals surface area contributed by atoms with Gasteiger partial charge in [-0.2, -0.15) is 0 Å². The number of nitrogens with zero attached hydrogens (tertiary/aromatic N) is 1. The molecule has 0 saturated heterocycles. The summed E-state index contributed by atoms with van der Waals surface area (Å²) in [5.74, 6) is -2.51. The average Bonchev–Trinajstić information content (AvgIpc) is 2.40. The number of rotatable bonds is 3. The molecule has 19 heavy (non-hydrogen) atoms. The van der Waals surface area contributed by atoms with Gasteiger partial charge in [0.2, 0.25) is 0 Å². The Labute approximate surface area is 107 Å². The van der Waals surface area contributed by atoms with Crippen LogP contribution in [0.4, 0.5) is 8.78 Å². The third-order valence-corrected chi connectivity index (χ3v) is 2.52. The first-order valence-electron chi connectivity index (χ1n) is 5.25. The summed E-state index contributed by atoms with van der Waals surface area (Å²) in [6.45, 7) is 0. The lowest BCUT2D eigenvalue weighted by atomic mass is 10.1. The third kappa shape index (κ3) is 2.52. The molecule has 0 saturated carbocycles. The van der Waals surface area contributed by atoms with Crippen molar-refractivity contribution in [1.82, 2.24) is 4.98 Å². The van der Waals surface area contributed by atoms with E-state index < -0.39 is 17.6 Å². The second kappa shape index (κ2) is 5.01. The van der Waals surface area contributed by atoms with Crippen LogP contribution in [0.25, 0.3) is 11.3 Å². The minimum Gasteiger partial charge on any atom is -0.494 e. The molecule has 0 aliphatic rings. The van der Waals surface area contributed by atoms with Crippen molar-refractivity contribution in [2.24, 2.45) is 0 Å². The molecule has 6 heteroatoms. The molecule has 2 rings (SSSR count). The monoisotopic (exact) mass is 265 g/mol. The minimum atomic E-state index is -1.24. The van der Waals surface area contributed by atoms with E-state index in [0.717, 1.165) is 30.5 Å². The van der Waals surface area contributed by atoms with Crippen LogP contribution >= 0.6 is 0 Å². The fourth-order valence-corrected chi connectivity index (χ4v) is 1.61. The predicted octanol–water partition coefficient (Wildman–Crippen LogP) is 2.73. The molecule has 0 aliphatic heterocycles. The number of ether oxygens (including phenoxy) is 1. The predicted molar refractivity (Wildman–Crippen MR) is 63.1 cm³/mol. The number of carboxylic acids is 1. The van der Waals surface area contributed by atoms with Crippen molar-refractivity contribution in [3.8, 4) is 17.0 Å². The molecule has 0 fully saturated rings. The van der Waals surface area contributed by atoms with Crippen LogP contribution in [-0.2, 0) is 0 Å². The van der Waals surface area contributed by atoms with Crippen molar-refractivity contribution in [1.29, 1.82) is 0 Å². The first-order valence-corrected chi connectivity index (χ1v) is 5.25. The Kier molecular flexibility index (Phi) is 3.41. The highest BCUT2D eigenvalue weighted by Crippen LogP contribution is 2.26. The summed E-state index contributed by atoms with van der Waals surface area (Å²) in [5.41, 5.74) is -0.253. The molecule has 0 bridgehead atoms. The van der Waals surface area contributed by atoms with E-state index in [1.807, 2.05) is 0 Å². The van der Waals surface area contributed by atoms with Gasteiger partial charge < -0.3 is 9.84 Å². The third-order valence-electron chi connectivity index (χ3n) is 2.52. The van der Waals surface area contributed by atoms with Gasteiger partial charge in [0.15, 0.2) is 5.75 Å². The Morgan fingerprint density at radius 3 is 2.68 bits per heavy atom. The van der Waals surface area contributed by atoms with E-state index in [4.69, 9.17) is 9.84 Å². The maximum absolute atomic E-state index is 13.6. The Morgan fingerprint density at radius 2 is 2.05 bits per heavy atom. The fraction of sp³-hybridized carbons (Fsp3) is 0.0769. The van der Waals surface area contributed by atoms with Crippen LogP contribution in [0.3, 0.4) is 0 Å². The van der Waals surface area contributed by atoms with E-state index >= 15 is 0 Å². The summed E-state index contributed by atoms with van der Waals surface area (Å²) in [7, 11) is 1.30. The van der Waals surface area contributed by atoms with Gasteiger partial charge in [-0.05, 0) is 24.3 Å². The van der Waals surface area contributed by atoms with Crippen LogP contribution in [-0.4, -0.2) is 23.2 Å². The summed E-state index contributed by atoms with van der Waals surface area (Å²) < 4.78 is 31.5. The number of pyridine rings is 1. The molecule has 1 aromatic carbocycles. The lowest BCUT2D eigenvalue weighted by Crippen LogP contribution is -2.02. The van der Waals surface area contributed by atoms with E-state index in [0.29, 0.717) is 0 Å². The second-order valence-corrected chi connectivity index (χ2v) is 3.70. The van der Waals surface area contributed by atoms with Crippen LogP contribution in [0.2, 0.25) is 0 Å². The number of methoxy groups -OCH3 is 1. The summed E-state index contributed by atoms with van der Waals surface area (Å²) >= 11 is 0. The normalized spacial score (nSPS) is 10.3. The highest BCUT2D eigenvalue weighted by Gasteiger charge is 2.15. The highest BCUT2D eigenvalue weighted by atomic mass is 19.1. The van der Waals surface area contributed by atoms with Crippen molar-refractivity contribution < 1.29 is 23.4 Å². The number of aromatic nitrogens is 1. The molecule has 1 N–H and O–H groups in total. The largest absolute Gasteiger partial charge is 0.494 e. The minimum absolute atomic E-state index is 0.0233. The molecule has 98 valence electrons. The Hall–Kier alpha value is -2.50. The lowest BCUT2D eigenvalue weighted by molar-refractivity contribution is 0.0693. The summed E-state index contributed by atoms with van der Waals surface area (Å²) in [4.78, 5) is 14.9. The van der Waals surface area contributed by atoms with E-state index in [2.05, 4.69) is 4.98 Å². The Bertz CT molecular complexity index is 644. The molecule has 0 spiro atoms. The number of hydrogen-bond acceptors (Lipinski definition) is 3. The average molecular weight is 265 g/mol. The second-order valence-electron chi connectivity index (χ2n) is 3.70. The SMILES string of the molecule is COc1cnc(-c2cc(F)ccc2F)cc1C(=O)O. The zero-order chi connectivity index (χ0) is 14.0. The van der Waals surface area contributed by atoms with Crippen molar-refractivity contribution in [3.05, 3.63) is 47.7 Å². The van der Waals surface area contributed by atoms with Gasteiger partial charge in [-0.25, -0.2) is 13.6 Å². The first-order chi connectivity index (χ1) is 9.02. The Balaban J connectivity index is 2.60. The van der Waals surface area contributed by atoms with Crippen molar-refractivity contribution in [2.45, 2.75) is 0 Å². The molecule has 2 aromatic rings. The van der Waals surface area contributed by atoms with Gasteiger partial charge in [0.25, 0.3) is 0 Å². The number of hydrogen-bond donors (Lipinski definition) is 1. The molecular weight excluding hydrogens is 256 g/mol. The lowest BCUT2D eigenvalue weighted by Gasteiger charge is -2.07. The van der Waals surface area contributed by atoms with Crippen molar-refractivity contribution in [2.75, 3.05) is 7.11 Å². The smallest absolute Gasteiger partial charge is 0.339 e. The number of halogens is 2.